The molecule has 0 unspecified atom stereocenters. The van der Waals surface area contributed by atoms with Crippen molar-refractivity contribution in [3.05, 3.63) is 81.5 Å². The van der Waals surface area contributed by atoms with E-state index in [0.717, 1.165) is 49.3 Å². The fourth-order valence-electron chi connectivity index (χ4n) is 4.35. The van der Waals surface area contributed by atoms with E-state index in [0.29, 0.717) is 5.02 Å². The largest absolute Gasteiger partial charge is 0.371 e. The first-order chi connectivity index (χ1) is 14.6. The summed E-state index contributed by atoms with van der Waals surface area (Å²) >= 11 is 5.98. The Morgan fingerprint density at radius 2 is 1.70 bits per heavy atom. The van der Waals surface area contributed by atoms with E-state index in [-0.39, 0.29) is 5.91 Å². The Kier molecular flexibility index (Phi) is 6.59. The van der Waals surface area contributed by atoms with Crippen LogP contribution in [0.5, 0.6) is 0 Å². The fourth-order valence-corrected chi connectivity index (χ4v) is 4.48. The summed E-state index contributed by atoms with van der Waals surface area (Å²) in [6, 6.07) is 16.1. The molecule has 2 aromatic carbocycles. The SMILES string of the molecule is CCc1ccc(/C=C2/CCC(C(=O)Nc3ccc(Cl)cc3)=C2N2CCCCC2)cc1. The molecule has 30 heavy (non-hydrogen) atoms. The van der Waals surface area contributed by atoms with Gasteiger partial charge in [-0.05, 0) is 85.6 Å². The smallest absolute Gasteiger partial charge is 0.253 e. The van der Waals surface area contributed by atoms with Crippen LogP contribution in [-0.2, 0) is 11.2 Å². The van der Waals surface area contributed by atoms with E-state index in [9.17, 15) is 4.79 Å². The molecular formula is C26H29ClN2O. The first kappa shape index (κ1) is 20.7. The molecule has 0 radical (unpaired) electrons. The van der Waals surface area contributed by atoms with E-state index >= 15 is 0 Å². The normalized spacial score (nSPS) is 18.2. The van der Waals surface area contributed by atoms with Crippen molar-refractivity contribution >= 4 is 29.3 Å². The van der Waals surface area contributed by atoms with Gasteiger partial charge in [-0.25, -0.2) is 0 Å². The first-order valence-electron chi connectivity index (χ1n) is 11.0. The minimum Gasteiger partial charge on any atom is -0.371 e. The molecule has 0 saturated carbocycles. The van der Waals surface area contributed by atoms with E-state index in [1.54, 1.807) is 12.1 Å². The molecule has 3 nitrogen and oxygen atoms in total. The summed E-state index contributed by atoms with van der Waals surface area (Å²) in [5, 5.41) is 3.74. The monoisotopic (exact) mass is 420 g/mol. The molecule has 1 aliphatic heterocycles. The van der Waals surface area contributed by atoms with Crippen LogP contribution in [0.2, 0.25) is 5.02 Å². The predicted octanol–water partition coefficient (Wildman–Crippen LogP) is 6.46. The number of likely N-dealkylation sites (tertiary alicyclic amines) is 1. The number of carbonyl (C=O) groups excluding carboxylic acids is 1. The van der Waals surface area contributed by atoms with Crippen LogP contribution in [0.25, 0.3) is 6.08 Å². The molecule has 0 spiro atoms. The number of nitrogens with zero attached hydrogens (tertiary/aromatic N) is 1. The topological polar surface area (TPSA) is 32.3 Å². The molecule has 1 amide bonds. The highest BCUT2D eigenvalue weighted by molar-refractivity contribution is 6.30. The van der Waals surface area contributed by atoms with Crippen molar-refractivity contribution in [3.63, 3.8) is 0 Å². The highest BCUT2D eigenvalue weighted by atomic mass is 35.5. The van der Waals surface area contributed by atoms with Gasteiger partial charge < -0.3 is 10.2 Å². The number of anilines is 1. The van der Waals surface area contributed by atoms with Gasteiger partial charge in [0.1, 0.15) is 0 Å². The van der Waals surface area contributed by atoms with E-state index in [2.05, 4.69) is 47.5 Å². The van der Waals surface area contributed by atoms with Crippen molar-refractivity contribution in [2.45, 2.75) is 45.4 Å². The first-order valence-corrected chi connectivity index (χ1v) is 11.4. The second-order valence-electron chi connectivity index (χ2n) is 8.10. The van der Waals surface area contributed by atoms with Gasteiger partial charge in [-0.15, -0.1) is 0 Å². The third-order valence-electron chi connectivity index (χ3n) is 6.01. The molecule has 1 heterocycles. The molecule has 1 N–H and O–H groups in total. The highest BCUT2D eigenvalue weighted by Gasteiger charge is 2.29. The van der Waals surface area contributed by atoms with Crippen molar-refractivity contribution < 1.29 is 4.79 Å². The minimum atomic E-state index is 0.00243. The van der Waals surface area contributed by atoms with Gasteiger partial charge in [0.05, 0.1) is 0 Å². The van der Waals surface area contributed by atoms with Crippen molar-refractivity contribution in [3.8, 4) is 0 Å². The average Bonchev–Trinajstić information content (AvgIpc) is 3.20. The van der Waals surface area contributed by atoms with Crippen molar-refractivity contribution in [2.24, 2.45) is 0 Å². The summed E-state index contributed by atoms with van der Waals surface area (Å²) < 4.78 is 0. The highest BCUT2D eigenvalue weighted by Crippen LogP contribution is 2.37. The Hall–Kier alpha value is -2.52. The van der Waals surface area contributed by atoms with Gasteiger partial charge in [-0.2, -0.15) is 0 Å². The van der Waals surface area contributed by atoms with Crippen LogP contribution in [0.15, 0.2) is 65.4 Å². The van der Waals surface area contributed by atoms with Gasteiger partial charge in [-0.1, -0.05) is 42.8 Å². The summed E-state index contributed by atoms with van der Waals surface area (Å²) in [7, 11) is 0. The van der Waals surface area contributed by atoms with Gasteiger partial charge in [0.25, 0.3) is 5.91 Å². The van der Waals surface area contributed by atoms with E-state index in [1.807, 2.05) is 12.1 Å². The number of nitrogens with one attached hydrogen (secondary N) is 1. The Labute approximate surface area is 184 Å². The molecule has 0 bridgehead atoms. The molecule has 156 valence electrons. The van der Waals surface area contributed by atoms with E-state index in [1.165, 1.54) is 36.0 Å². The number of amides is 1. The number of halogens is 1. The minimum absolute atomic E-state index is 0.00243. The van der Waals surface area contributed by atoms with Gasteiger partial charge in [0.2, 0.25) is 0 Å². The number of piperidine rings is 1. The van der Waals surface area contributed by atoms with Crippen molar-refractivity contribution in [2.75, 3.05) is 18.4 Å². The molecule has 1 aliphatic carbocycles. The van der Waals surface area contributed by atoms with Gasteiger partial charge >= 0.3 is 0 Å². The van der Waals surface area contributed by atoms with E-state index < -0.39 is 0 Å². The van der Waals surface area contributed by atoms with Crippen LogP contribution in [0.3, 0.4) is 0 Å². The number of aryl methyl sites for hydroxylation is 1. The summed E-state index contributed by atoms with van der Waals surface area (Å²) in [5.41, 5.74) is 6.67. The fraction of sp³-hybridized carbons (Fsp3) is 0.346. The number of allylic oxidation sites excluding steroid dienone is 1. The number of rotatable bonds is 5. The second kappa shape index (κ2) is 9.53. The van der Waals surface area contributed by atoms with Crippen LogP contribution < -0.4 is 5.32 Å². The van der Waals surface area contributed by atoms with Gasteiger partial charge in [0, 0.05) is 35.1 Å². The summed E-state index contributed by atoms with van der Waals surface area (Å²) in [4.78, 5) is 15.6. The van der Waals surface area contributed by atoms with Crippen molar-refractivity contribution in [1.82, 2.24) is 4.90 Å². The number of carbonyl (C=O) groups is 1. The Balaban J connectivity index is 1.64. The van der Waals surface area contributed by atoms with E-state index in [4.69, 9.17) is 11.6 Å². The maximum absolute atomic E-state index is 13.2. The van der Waals surface area contributed by atoms with Gasteiger partial charge in [0.15, 0.2) is 0 Å². The van der Waals surface area contributed by atoms with Crippen molar-refractivity contribution in [1.29, 1.82) is 0 Å². The van der Waals surface area contributed by atoms with Crippen LogP contribution in [0.1, 0.15) is 50.2 Å². The third kappa shape index (κ3) is 4.79. The zero-order chi connectivity index (χ0) is 20.9. The van der Waals surface area contributed by atoms with Crippen LogP contribution in [0.4, 0.5) is 5.69 Å². The molecule has 4 rings (SSSR count). The van der Waals surface area contributed by atoms with Crippen LogP contribution in [0, 0.1) is 0 Å². The molecule has 2 aromatic rings. The van der Waals surface area contributed by atoms with Crippen LogP contribution in [-0.4, -0.2) is 23.9 Å². The number of hydrogen-bond acceptors (Lipinski definition) is 2. The third-order valence-corrected chi connectivity index (χ3v) is 6.26. The second-order valence-corrected chi connectivity index (χ2v) is 8.54. The molecular weight excluding hydrogens is 392 g/mol. The Morgan fingerprint density at radius 1 is 1.00 bits per heavy atom. The zero-order valence-corrected chi connectivity index (χ0v) is 18.3. The Bertz CT molecular complexity index is 952. The molecule has 1 saturated heterocycles. The lowest BCUT2D eigenvalue weighted by Crippen LogP contribution is -2.31. The maximum atomic E-state index is 13.2. The number of hydrogen-bond donors (Lipinski definition) is 1. The summed E-state index contributed by atoms with van der Waals surface area (Å²) in [5.74, 6) is 0.00243. The zero-order valence-electron chi connectivity index (χ0n) is 17.6. The average molecular weight is 421 g/mol. The summed E-state index contributed by atoms with van der Waals surface area (Å²) in [6.07, 6.45) is 8.65. The van der Waals surface area contributed by atoms with Gasteiger partial charge in [-0.3, -0.25) is 4.79 Å². The predicted molar refractivity (Wildman–Crippen MR) is 126 cm³/mol. The molecule has 4 heteroatoms. The molecule has 1 fully saturated rings. The molecule has 2 aliphatic rings. The quantitative estimate of drug-likeness (QED) is 0.602. The molecule has 0 atom stereocenters. The number of benzene rings is 2. The lowest BCUT2D eigenvalue weighted by atomic mass is 10.0. The lowest BCUT2D eigenvalue weighted by Gasteiger charge is -2.31. The Morgan fingerprint density at radius 3 is 2.37 bits per heavy atom. The lowest BCUT2D eigenvalue weighted by molar-refractivity contribution is -0.113. The van der Waals surface area contributed by atoms with Crippen LogP contribution >= 0.6 is 11.6 Å². The maximum Gasteiger partial charge on any atom is 0.253 e. The standard InChI is InChI=1S/C26H29ClN2O/c1-2-19-6-8-20(9-7-19)18-21-10-15-24(25(21)29-16-4-3-5-17-29)26(30)28-23-13-11-22(27)12-14-23/h6-9,11-14,18H,2-5,10,15-17H2,1H3,(H,28,30)/b21-18-. The molecule has 0 aromatic heterocycles. The summed E-state index contributed by atoms with van der Waals surface area (Å²) in [6.45, 7) is 4.23.